The Hall–Kier alpha value is -3.29. The zero-order chi connectivity index (χ0) is 25.1. The summed E-state index contributed by atoms with van der Waals surface area (Å²) in [6, 6.07) is 14.7. The fraction of sp³-hybridized carbons (Fsp3) is 0.250. The number of ketones is 1. The normalized spacial score (nSPS) is 16.5. The number of nitrogens with zero attached hydrogens (tertiary/aromatic N) is 2. The number of Topliss-reactive ketones (excluding diaryl/α,β-unsaturated/α-hetero) is 1. The van der Waals surface area contributed by atoms with Gasteiger partial charge in [-0.2, -0.15) is 0 Å². The van der Waals surface area contributed by atoms with E-state index in [2.05, 4.69) is 26.8 Å². The maximum absolute atomic E-state index is 13.5. The SMILES string of the molecule is Cc1cc(C)c2nc(N3C(=O)C(O)=C(C(=O)c4cccs4)[C@@H]3c3ccc(C(C)(C)C)cc3)sc2c1. The molecule has 35 heavy (non-hydrogen) atoms. The summed E-state index contributed by atoms with van der Waals surface area (Å²) < 4.78 is 0.963. The minimum absolute atomic E-state index is 0.0419. The number of hydrogen-bond acceptors (Lipinski definition) is 6. The minimum Gasteiger partial charge on any atom is -0.503 e. The average Bonchev–Trinajstić information content (AvgIpc) is 3.52. The van der Waals surface area contributed by atoms with Gasteiger partial charge in [0.25, 0.3) is 5.91 Å². The molecule has 0 saturated heterocycles. The van der Waals surface area contributed by atoms with Crippen molar-refractivity contribution in [2.24, 2.45) is 0 Å². The number of aliphatic hydroxyl groups excluding tert-OH is 1. The van der Waals surface area contributed by atoms with Gasteiger partial charge in [0.2, 0.25) is 5.78 Å². The average molecular weight is 503 g/mol. The van der Waals surface area contributed by atoms with Crippen LogP contribution in [0.4, 0.5) is 5.13 Å². The molecule has 1 atom stereocenters. The van der Waals surface area contributed by atoms with Gasteiger partial charge in [-0.3, -0.25) is 14.5 Å². The monoisotopic (exact) mass is 502 g/mol. The van der Waals surface area contributed by atoms with Crippen LogP contribution in [0.3, 0.4) is 0 Å². The van der Waals surface area contributed by atoms with E-state index < -0.39 is 17.7 Å². The second-order valence-electron chi connectivity index (χ2n) is 9.94. The highest BCUT2D eigenvalue weighted by Crippen LogP contribution is 2.45. The molecule has 1 amide bonds. The molecule has 3 heterocycles. The standard InChI is InChI=1S/C28H26N2O3S2/c1-15-13-16(2)22-20(14-15)35-27(29-22)30-23(17-8-10-18(11-9-17)28(3,4)5)21(25(32)26(30)33)24(31)19-7-6-12-34-19/h6-14,23,32H,1-5H3/t23-/m0/s1. The lowest BCUT2D eigenvalue weighted by Gasteiger charge is -2.25. The summed E-state index contributed by atoms with van der Waals surface area (Å²) in [4.78, 5) is 33.7. The van der Waals surface area contributed by atoms with Crippen molar-refractivity contribution in [3.8, 4) is 0 Å². The van der Waals surface area contributed by atoms with Gasteiger partial charge in [-0.15, -0.1) is 11.3 Å². The van der Waals surface area contributed by atoms with E-state index in [0.717, 1.165) is 32.5 Å². The number of aryl methyl sites for hydroxylation is 2. The highest BCUT2D eigenvalue weighted by Gasteiger charge is 2.46. The molecule has 5 rings (SSSR count). The summed E-state index contributed by atoms with van der Waals surface area (Å²) in [5.41, 5.74) is 4.90. The molecule has 2 aromatic carbocycles. The maximum Gasteiger partial charge on any atom is 0.296 e. The van der Waals surface area contributed by atoms with Gasteiger partial charge in [-0.05, 0) is 59.0 Å². The van der Waals surface area contributed by atoms with Crippen LogP contribution in [0.1, 0.15) is 58.7 Å². The van der Waals surface area contributed by atoms with Crippen LogP contribution in [0.15, 0.2) is 65.2 Å². The summed E-state index contributed by atoms with van der Waals surface area (Å²) in [6.07, 6.45) is 0. The third kappa shape index (κ3) is 3.98. The number of carbonyl (C=O) groups excluding carboxylic acids is 2. The van der Waals surface area contributed by atoms with E-state index in [0.29, 0.717) is 10.0 Å². The number of amides is 1. The van der Waals surface area contributed by atoms with Crippen molar-refractivity contribution < 1.29 is 14.7 Å². The number of carbonyl (C=O) groups is 2. The summed E-state index contributed by atoms with van der Waals surface area (Å²) in [5, 5.41) is 13.3. The van der Waals surface area contributed by atoms with Gasteiger partial charge in [0.15, 0.2) is 10.9 Å². The zero-order valence-corrected chi connectivity index (χ0v) is 21.9. The topological polar surface area (TPSA) is 70.5 Å². The molecule has 0 fully saturated rings. The Bertz CT molecular complexity index is 1490. The molecule has 0 aliphatic carbocycles. The fourth-order valence-electron chi connectivity index (χ4n) is 4.52. The summed E-state index contributed by atoms with van der Waals surface area (Å²) >= 11 is 2.68. The van der Waals surface area contributed by atoms with Gasteiger partial charge in [0.1, 0.15) is 0 Å². The van der Waals surface area contributed by atoms with Crippen LogP contribution in [0, 0.1) is 13.8 Å². The smallest absolute Gasteiger partial charge is 0.296 e. The van der Waals surface area contributed by atoms with Crippen molar-refractivity contribution in [1.29, 1.82) is 0 Å². The van der Waals surface area contributed by atoms with Crippen LogP contribution in [-0.2, 0) is 10.2 Å². The predicted octanol–water partition coefficient (Wildman–Crippen LogP) is 7.06. The van der Waals surface area contributed by atoms with Crippen LogP contribution in [-0.4, -0.2) is 21.8 Å². The molecule has 178 valence electrons. The first-order valence-electron chi connectivity index (χ1n) is 11.4. The summed E-state index contributed by atoms with van der Waals surface area (Å²) in [5.74, 6) is -1.46. The molecule has 5 nitrogen and oxygen atoms in total. The van der Waals surface area contributed by atoms with Crippen LogP contribution < -0.4 is 4.90 Å². The Labute approximate surface area is 212 Å². The van der Waals surface area contributed by atoms with Crippen molar-refractivity contribution in [2.45, 2.75) is 46.1 Å². The number of rotatable bonds is 4. The van der Waals surface area contributed by atoms with Crippen molar-refractivity contribution in [2.75, 3.05) is 4.90 Å². The number of hydrogen-bond donors (Lipinski definition) is 1. The summed E-state index contributed by atoms with van der Waals surface area (Å²) in [7, 11) is 0. The van der Waals surface area contributed by atoms with Crippen LogP contribution >= 0.6 is 22.7 Å². The largest absolute Gasteiger partial charge is 0.503 e. The first kappa shape index (κ1) is 23.5. The van der Waals surface area contributed by atoms with Crippen molar-refractivity contribution in [3.63, 3.8) is 0 Å². The van der Waals surface area contributed by atoms with Gasteiger partial charge >= 0.3 is 0 Å². The Morgan fingerprint density at radius 2 is 1.80 bits per heavy atom. The molecule has 0 unspecified atom stereocenters. The van der Waals surface area contributed by atoms with E-state index >= 15 is 0 Å². The van der Waals surface area contributed by atoms with E-state index in [1.54, 1.807) is 12.1 Å². The van der Waals surface area contributed by atoms with Crippen LogP contribution in [0.2, 0.25) is 0 Å². The number of thiophene rings is 1. The predicted molar refractivity (Wildman–Crippen MR) is 143 cm³/mol. The van der Waals surface area contributed by atoms with Crippen LogP contribution in [0.5, 0.6) is 0 Å². The lowest BCUT2D eigenvalue weighted by molar-refractivity contribution is -0.117. The Balaban J connectivity index is 1.68. The van der Waals surface area contributed by atoms with Gasteiger partial charge in [-0.1, -0.05) is 68.5 Å². The Morgan fingerprint density at radius 1 is 1.09 bits per heavy atom. The van der Waals surface area contributed by atoms with Crippen molar-refractivity contribution in [3.05, 3.63) is 92.4 Å². The molecule has 0 saturated carbocycles. The minimum atomic E-state index is -0.770. The molecular formula is C28H26N2O3S2. The Morgan fingerprint density at radius 3 is 2.43 bits per heavy atom. The molecule has 1 N–H and O–H groups in total. The molecule has 7 heteroatoms. The maximum atomic E-state index is 13.5. The molecule has 1 aliphatic heterocycles. The molecule has 4 aromatic rings. The van der Waals surface area contributed by atoms with E-state index in [1.807, 2.05) is 49.6 Å². The number of anilines is 1. The number of thiazole rings is 1. The molecule has 0 radical (unpaired) electrons. The van der Waals surface area contributed by atoms with Crippen molar-refractivity contribution >= 4 is 49.7 Å². The first-order chi connectivity index (χ1) is 16.6. The molecule has 0 spiro atoms. The first-order valence-corrected chi connectivity index (χ1v) is 13.1. The second kappa shape index (κ2) is 8.43. The van der Waals surface area contributed by atoms with E-state index in [4.69, 9.17) is 4.98 Å². The highest BCUT2D eigenvalue weighted by molar-refractivity contribution is 7.22. The summed E-state index contributed by atoms with van der Waals surface area (Å²) in [6.45, 7) is 10.4. The molecule has 0 bridgehead atoms. The van der Waals surface area contributed by atoms with E-state index in [1.165, 1.54) is 27.6 Å². The fourth-order valence-corrected chi connectivity index (χ4v) is 6.36. The van der Waals surface area contributed by atoms with Crippen molar-refractivity contribution in [1.82, 2.24) is 4.98 Å². The lowest BCUT2D eigenvalue weighted by Crippen LogP contribution is -2.31. The van der Waals surface area contributed by atoms with Gasteiger partial charge < -0.3 is 5.11 Å². The lowest BCUT2D eigenvalue weighted by atomic mass is 9.85. The van der Waals surface area contributed by atoms with Gasteiger partial charge in [0.05, 0.1) is 26.7 Å². The van der Waals surface area contributed by atoms with Gasteiger partial charge in [0, 0.05) is 0 Å². The highest BCUT2D eigenvalue weighted by atomic mass is 32.1. The molecular weight excluding hydrogens is 476 g/mol. The third-order valence-corrected chi connectivity index (χ3v) is 8.19. The van der Waals surface area contributed by atoms with Gasteiger partial charge in [-0.25, -0.2) is 4.98 Å². The quantitative estimate of drug-likeness (QED) is 0.303. The van der Waals surface area contributed by atoms with E-state index in [-0.39, 0.29) is 16.8 Å². The third-order valence-electron chi connectivity index (χ3n) is 6.31. The number of benzene rings is 2. The molecule has 2 aromatic heterocycles. The Kier molecular flexibility index (Phi) is 5.65. The zero-order valence-electron chi connectivity index (χ0n) is 20.2. The number of aromatic nitrogens is 1. The molecule has 1 aliphatic rings. The van der Waals surface area contributed by atoms with E-state index in [9.17, 15) is 14.7 Å². The number of aliphatic hydroxyl groups is 1. The number of fused-ring (bicyclic) bond motifs is 1. The second-order valence-corrected chi connectivity index (χ2v) is 11.9. The van der Waals surface area contributed by atoms with Crippen LogP contribution in [0.25, 0.3) is 10.2 Å².